The van der Waals surface area contributed by atoms with Crippen molar-refractivity contribution in [1.29, 1.82) is 0 Å². The van der Waals surface area contributed by atoms with Crippen molar-refractivity contribution in [1.82, 2.24) is 10.2 Å². The first-order valence-corrected chi connectivity index (χ1v) is 7.04. The molecule has 0 aliphatic carbocycles. The van der Waals surface area contributed by atoms with Crippen LogP contribution in [0.4, 0.5) is 4.79 Å². The van der Waals surface area contributed by atoms with E-state index in [0.717, 1.165) is 25.7 Å². The molecule has 0 saturated carbocycles. The predicted octanol–water partition coefficient (Wildman–Crippen LogP) is 0.902. The molecule has 0 spiro atoms. The molecule has 2 amide bonds. The van der Waals surface area contributed by atoms with Crippen LogP contribution in [0.25, 0.3) is 0 Å². The van der Waals surface area contributed by atoms with Crippen molar-refractivity contribution in [2.45, 2.75) is 44.8 Å². The van der Waals surface area contributed by atoms with Crippen LogP contribution in [0.5, 0.6) is 0 Å². The zero-order chi connectivity index (χ0) is 13.7. The Labute approximate surface area is 113 Å². The van der Waals surface area contributed by atoms with Crippen molar-refractivity contribution in [2.75, 3.05) is 26.3 Å². The standard InChI is InChI=1S/C13H22N2O4/c1-2-18-13(17)14-10-5-7-15(8-6-10)12(16)11-4-3-9-19-11/h10-11H,2-9H2,1H3,(H,14,17). The van der Waals surface area contributed by atoms with E-state index >= 15 is 0 Å². The normalized spacial score (nSPS) is 24.3. The molecule has 1 unspecified atom stereocenters. The monoisotopic (exact) mass is 270 g/mol. The van der Waals surface area contributed by atoms with E-state index in [4.69, 9.17) is 9.47 Å². The van der Waals surface area contributed by atoms with Gasteiger partial charge in [-0.15, -0.1) is 0 Å². The van der Waals surface area contributed by atoms with Gasteiger partial charge in [-0.1, -0.05) is 0 Å². The molecule has 108 valence electrons. The summed E-state index contributed by atoms with van der Waals surface area (Å²) in [5.41, 5.74) is 0. The van der Waals surface area contributed by atoms with Crippen LogP contribution >= 0.6 is 0 Å². The molecular weight excluding hydrogens is 248 g/mol. The maximum absolute atomic E-state index is 12.1. The topological polar surface area (TPSA) is 67.9 Å². The summed E-state index contributed by atoms with van der Waals surface area (Å²) in [6.07, 6.45) is 2.74. The lowest BCUT2D eigenvalue weighted by Crippen LogP contribution is -2.49. The number of piperidine rings is 1. The van der Waals surface area contributed by atoms with Crippen molar-refractivity contribution in [3.8, 4) is 0 Å². The van der Waals surface area contributed by atoms with Crippen LogP contribution in [0.3, 0.4) is 0 Å². The van der Waals surface area contributed by atoms with E-state index < -0.39 is 0 Å². The molecule has 2 aliphatic heterocycles. The number of carbonyl (C=O) groups is 2. The average Bonchev–Trinajstić information content (AvgIpc) is 2.93. The van der Waals surface area contributed by atoms with Gasteiger partial charge in [0.2, 0.25) is 0 Å². The van der Waals surface area contributed by atoms with Gasteiger partial charge in [0.1, 0.15) is 6.10 Å². The summed E-state index contributed by atoms with van der Waals surface area (Å²) in [4.78, 5) is 25.3. The van der Waals surface area contributed by atoms with Crippen LogP contribution in [0.1, 0.15) is 32.6 Å². The number of amides is 2. The van der Waals surface area contributed by atoms with Crippen LogP contribution in [0.2, 0.25) is 0 Å². The predicted molar refractivity (Wildman–Crippen MR) is 68.7 cm³/mol. The van der Waals surface area contributed by atoms with E-state index in [-0.39, 0.29) is 24.1 Å². The Morgan fingerprint density at radius 3 is 2.63 bits per heavy atom. The highest BCUT2D eigenvalue weighted by molar-refractivity contribution is 5.81. The summed E-state index contributed by atoms with van der Waals surface area (Å²) < 4.78 is 10.3. The fraction of sp³-hybridized carbons (Fsp3) is 0.846. The quantitative estimate of drug-likeness (QED) is 0.827. The zero-order valence-electron chi connectivity index (χ0n) is 11.4. The van der Waals surface area contributed by atoms with Crippen LogP contribution in [0.15, 0.2) is 0 Å². The van der Waals surface area contributed by atoms with Crippen LogP contribution in [-0.2, 0) is 14.3 Å². The minimum absolute atomic E-state index is 0.104. The van der Waals surface area contributed by atoms with Crippen molar-refractivity contribution in [3.63, 3.8) is 0 Å². The molecule has 0 radical (unpaired) electrons. The number of hydrogen-bond donors (Lipinski definition) is 1. The molecule has 0 aromatic rings. The molecule has 6 nitrogen and oxygen atoms in total. The van der Waals surface area contributed by atoms with Crippen LogP contribution in [-0.4, -0.2) is 55.3 Å². The molecule has 2 rings (SSSR count). The number of likely N-dealkylation sites (tertiary alicyclic amines) is 1. The molecule has 2 heterocycles. The summed E-state index contributed by atoms with van der Waals surface area (Å²) >= 11 is 0. The van der Waals surface area contributed by atoms with Crippen molar-refractivity contribution in [3.05, 3.63) is 0 Å². The summed E-state index contributed by atoms with van der Waals surface area (Å²) in [6, 6.07) is 0.104. The number of hydrogen-bond acceptors (Lipinski definition) is 4. The Kier molecular flexibility index (Phi) is 5.01. The van der Waals surface area contributed by atoms with E-state index in [9.17, 15) is 9.59 Å². The Balaban J connectivity index is 1.72. The maximum atomic E-state index is 12.1. The fourth-order valence-electron chi connectivity index (χ4n) is 2.56. The third kappa shape index (κ3) is 3.83. The Hall–Kier alpha value is -1.30. The minimum atomic E-state index is -0.369. The lowest BCUT2D eigenvalue weighted by Gasteiger charge is -2.33. The van der Waals surface area contributed by atoms with Crippen molar-refractivity contribution >= 4 is 12.0 Å². The number of nitrogens with zero attached hydrogens (tertiary/aromatic N) is 1. The second-order valence-electron chi connectivity index (χ2n) is 4.97. The first-order valence-electron chi connectivity index (χ1n) is 7.04. The molecule has 1 atom stereocenters. The SMILES string of the molecule is CCOC(=O)NC1CCN(C(=O)C2CCCO2)CC1. The second-order valence-corrected chi connectivity index (χ2v) is 4.97. The number of alkyl carbamates (subject to hydrolysis) is 1. The maximum Gasteiger partial charge on any atom is 0.407 e. The first-order chi connectivity index (χ1) is 9.20. The summed E-state index contributed by atoms with van der Waals surface area (Å²) in [5, 5.41) is 2.82. The Morgan fingerprint density at radius 2 is 2.05 bits per heavy atom. The van der Waals surface area contributed by atoms with Gasteiger partial charge >= 0.3 is 6.09 Å². The number of ether oxygens (including phenoxy) is 2. The molecule has 2 saturated heterocycles. The lowest BCUT2D eigenvalue weighted by molar-refractivity contribution is -0.142. The zero-order valence-corrected chi connectivity index (χ0v) is 11.4. The van der Waals surface area contributed by atoms with Gasteiger partial charge in [-0.2, -0.15) is 0 Å². The summed E-state index contributed by atoms with van der Waals surface area (Å²) in [7, 11) is 0. The molecule has 2 fully saturated rings. The van der Waals surface area contributed by atoms with Gasteiger partial charge in [-0.05, 0) is 32.6 Å². The molecule has 1 N–H and O–H groups in total. The molecule has 0 bridgehead atoms. The summed E-state index contributed by atoms with van der Waals surface area (Å²) in [5.74, 6) is 0.104. The van der Waals surface area contributed by atoms with Gasteiger partial charge in [-0.3, -0.25) is 4.79 Å². The smallest absolute Gasteiger partial charge is 0.407 e. The molecule has 19 heavy (non-hydrogen) atoms. The van der Waals surface area contributed by atoms with Gasteiger partial charge in [-0.25, -0.2) is 4.79 Å². The highest BCUT2D eigenvalue weighted by atomic mass is 16.5. The fourth-order valence-corrected chi connectivity index (χ4v) is 2.56. The highest BCUT2D eigenvalue weighted by Gasteiger charge is 2.31. The first kappa shape index (κ1) is 14.1. The van der Waals surface area contributed by atoms with E-state index in [1.807, 2.05) is 4.90 Å². The van der Waals surface area contributed by atoms with E-state index in [1.165, 1.54) is 0 Å². The number of nitrogens with one attached hydrogen (secondary N) is 1. The Morgan fingerprint density at radius 1 is 1.32 bits per heavy atom. The third-order valence-corrected chi connectivity index (χ3v) is 3.61. The molecular formula is C13H22N2O4. The van der Waals surface area contributed by atoms with E-state index in [0.29, 0.717) is 26.3 Å². The lowest BCUT2D eigenvalue weighted by atomic mass is 10.0. The number of rotatable bonds is 3. The average molecular weight is 270 g/mol. The van der Waals surface area contributed by atoms with Gasteiger partial charge < -0.3 is 19.7 Å². The minimum Gasteiger partial charge on any atom is -0.450 e. The molecule has 0 aromatic heterocycles. The summed E-state index contributed by atoms with van der Waals surface area (Å²) in [6.45, 7) is 4.20. The van der Waals surface area contributed by atoms with Gasteiger partial charge in [0.05, 0.1) is 6.61 Å². The Bertz CT molecular complexity index is 321. The second kappa shape index (κ2) is 6.75. The number of carbonyl (C=O) groups excluding carboxylic acids is 2. The van der Waals surface area contributed by atoms with Crippen LogP contribution < -0.4 is 5.32 Å². The largest absolute Gasteiger partial charge is 0.450 e. The van der Waals surface area contributed by atoms with E-state index in [1.54, 1.807) is 6.92 Å². The van der Waals surface area contributed by atoms with Crippen LogP contribution in [0, 0.1) is 0 Å². The molecule has 0 aromatic carbocycles. The van der Waals surface area contributed by atoms with Gasteiger partial charge in [0, 0.05) is 25.7 Å². The highest BCUT2D eigenvalue weighted by Crippen LogP contribution is 2.18. The third-order valence-electron chi connectivity index (χ3n) is 3.61. The van der Waals surface area contributed by atoms with Gasteiger partial charge in [0.15, 0.2) is 0 Å². The van der Waals surface area contributed by atoms with Crippen molar-refractivity contribution < 1.29 is 19.1 Å². The van der Waals surface area contributed by atoms with Gasteiger partial charge in [0.25, 0.3) is 5.91 Å². The van der Waals surface area contributed by atoms with Crippen molar-refractivity contribution in [2.24, 2.45) is 0 Å². The van der Waals surface area contributed by atoms with E-state index in [2.05, 4.69) is 5.32 Å². The molecule has 6 heteroatoms. The molecule has 2 aliphatic rings.